The van der Waals surface area contributed by atoms with Crippen molar-refractivity contribution in [2.24, 2.45) is 5.10 Å². The molecule has 0 aliphatic heterocycles. The second-order valence-corrected chi connectivity index (χ2v) is 7.29. The molecule has 5 nitrogen and oxygen atoms in total. The van der Waals surface area contributed by atoms with Gasteiger partial charge in [-0.25, -0.2) is 9.78 Å². The predicted molar refractivity (Wildman–Crippen MR) is 122 cm³/mol. The van der Waals surface area contributed by atoms with Crippen molar-refractivity contribution >= 4 is 28.7 Å². The standard InChI is InChI=1S/C24H19N3O2S/c1-29-23(28)19-12-7-11-18(14-19)21-13-6-5-10-20(21)15-25-27-24-26-22(16-30-24)17-8-3-2-4-9-17/h2-16H,1H3,(H,26,27). The van der Waals surface area contributed by atoms with Gasteiger partial charge in [0, 0.05) is 16.5 Å². The van der Waals surface area contributed by atoms with Crippen molar-refractivity contribution in [3.05, 3.63) is 95.4 Å². The Morgan fingerprint density at radius 1 is 1.00 bits per heavy atom. The smallest absolute Gasteiger partial charge is 0.337 e. The van der Waals surface area contributed by atoms with E-state index < -0.39 is 0 Å². The number of hydrogen-bond acceptors (Lipinski definition) is 6. The molecule has 6 heteroatoms. The molecule has 30 heavy (non-hydrogen) atoms. The Labute approximate surface area is 178 Å². The third-order valence-corrected chi connectivity index (χ3v) is 5.24. The predicted octanol–water partition coefficient (Wildman–Crippen LogP) is 5.71. The Morgan fingerprint density at radius 3 is 2.60 bits per heavy atom. The second-order valence-electron chi connectivity index (χ2n) is 6.43. The summed E-state index contributed by atoms with van der Waals surface area (Å²) < 4.78 is 4.82. The molecule has 4 rings (SSSR count). The first kappa shape index (κ1) is 19.5. The van der Waals surface area contributed by atoms with E-state index in [-0.39, 0.29) is 5.97 Å². The number of esters is 1. The maximum atomic E-state index is 11.9. The van der Waals surface area contributed by atoms with Crippen molar-refractivity contribution in [2.45, 2.75) is 0 Å². The monoisotopic (exact) mass is 413 g/mol. The number of carbonyl (C=O) groups excluding carboxylic acids is 1. The molecule has 0 amide bonds. The van der Waals surface area contributed by atoms with Gasteiger partial charge < -0.3 is 4.74 Å². The normalized spacial score (nSPS) is 10.8. The Balaban J connectivity index is 1.53. The maximum absolute atomic E-state index is 11.9. The van der Waals surface area contributed by atoms with E-state index in [1.165, 1.54) is 18.4 Å². The molecule has 0 saturated heterocycles. The van der Waals surface area contributed by atoms with E-state index in [0.717, 1.165) is 33.1 Å². The molecule has 0 aliphatic carbocycles. The lowest BCUT2D eigenvalue weighted by molar-refractivity contribution is 0.0601. The average Bonchev–Trinajstić information content (AvgIpc) is 3.28. The lowest BCUT2D eigenvalue weighted by Gasteiger charge is -2.07. The van der Waals surface area contributed by atoms with Crippen molar-refractivity contribution in [3.63, 3.8) is 0 Å². The van der Waals surface area contributed by atoms with Gasteiger partial charge in [0.05, 0.1) is 24.6 Å². The first-order chi connectivity index (χ1) is 14.7. The third-order valence-electron chi connectivity index (χ3n) is 4.49. The lowest BCUT2D eigenvalue weighted by Crippen LogP contribution is -2.01. The number of aromatic nitrogens is 1. The minimum Gasteiger partial charge on any atom is -0.465 e. The number of nitrogens with one attached hydrogen (secondary N) is 1. The molecule has 0 unspecified atom stereocenters. The first-order valence-electron chi connectivity index (χ1n) is 9.32. The van der Waals surface area contributed by atoms with Crippen LogP contribution in [0.2, 0.25) is 0 Å². The van der Waals surface area contributed by atoms with Crippen molar-refractivity contribution in [2.75, 3.05) is 12.5 Å². The van der Waals surface area contributed by atoms with Gasteiger partial charge in [-0.3, -0.25) is 5.43 Å². The van der Waals surface area contributed by atoms with E-state index in [2.05, 4.69) is 15.5 Å². The van der Waals surface area contributed by atoms with Gasteiger partial charge in [0.25, 0.3) is 0 Å². The van der Waals surface area contributed by atoms with Crippen LogP contribution in [-0.4, -0.2) is 24.3 Å². The van der Waals surface area contributed by atoms with E-state index >= 15 is 0 Å². The van der Waals surface area contributed by atoms with Gasteiger partial charge in [-0.1, -0.05) is 66.7 Å². The number of hydrogen-bond donors (Lipinski definition) is 1. The highest BCUT2D eigenvalue weighted by Gasteiger charge is 2.09. The molecule has 0 atom stereocenters. The Bertz CT molecular complexity index is 1190. The van der Waals surface area contributed by atoms with Crippen LogP contribution in [0.1, 0.15) is 15.9 Å². The summed E-state index contributed by atoms with van der Waals surface area (Å²) in [4.78, 5) is 16.4. The number of thiazole rings is 1. The molecular weight excluding hydrogens is 394 g/mol. The Morgan fingerprint density at radius 2 is 1.77 bits per heavy atom. The van der Waals surface area contributed by atoms with Gasteiger partial charge in [-0.15, -0.1) is 11.3 Å². The molecule has 4 aromatic rings. The molecule has 1 N–H and O–H groups in total. The van der Waals surface area contributed by atoms with E-state index in [0.29, 0.717) is 5.56 Å². The largest absolute Gasteiger partial charge is 0.465 e. The van der Waals surface area contributed by atoms with Gasteiger partial charge in [-0.2, -0.15) is 5.10 Å². The summed E-state index contributed by atoms with van der Waals surface area (Å²) in [5.41, 5.74) is 8.31. The summed E-state index contributed by atoms with van der Waals surface area (Å²) in [5.74, 6) is -0.359. The van der Waals surface area contributed by atoms with E-state index in [9.17, 15) is 4.79 Å². The van der Waals surface area contributed by atoms with E-state index in [4.69, 9.17) is 4.74 Å². The molecule has 0 fully saturated rings. The number of nitrogens with zero attached hydrogens (tertiary/aromatic N) is 2. The second kappa shape index (κ2) is 9.15. The molecule has 1 heterocycles. The van der Waals surface area contributed by atoms with Crippen LogP contribution in [0.15, 0.2) is 89.3 Å². The zero-order valence-corrected chi connectivity index (χ0v) is 17.1. The van der Waals surface area contributed by atoms with Gasteiger partial charge in [-0.05, 0) is 23.3 Å². The van der Waals surface area contributed by atoms with Gasteiger partial charge in [0.15, 0.2) is 0 Å². The van der Waals surface area contributed by atoms with Crippen LogP contribution in [0.3, 0.4) is 0 Å². The molecule has 3 aromatic carbocycles. The SMILES string of the molecule is COC(=O)c1cccc(-c2ccccc2C=NNc2nc(-c3ccccc3)cs2)c1. The van der Waals surface area contributed by atoms with E-state index in [1.807, 2.05) is 78.2 Å². The van der Waals surface area contributed by atoms with E-state index in [1.54, 1.807) is 12.3 Å². The summed E-state index contributed by atoms with van der Waals surface area (Å²) in [6, 6.07) is 25.3. The van der Waals surface area contributed by atoms with Gasteiger partial charge >= 0.3 is 5.97 Å². The molecular formula is C24H19N3O2S. The Hall–Kier alpha value is -3.77. The first-order valence-corrected chi connectivity index (χ1v) is 10.2. The number of ether oxygens (including phenoxy) is 1. The zero-order chi connectivity index (χ0) is 20.8. The van der Waals surface area contributed by atoms with Gasteiger partial charge in [0.2, 0.25) is 5.13 Å². The number of carbonyl (C=O) groups is 1. The van der Waals surface area contributed by atoms with Crippen LogP contribution < -0.4 is 5.43 Å². The fourth-order valence-electron chi connectivity index (χ4n) is 3.03. The van der Waals surface area contributed by atoms with Crippen LogP contribution in [0, 0.1) is 0 Å². The number of rotatable bonds is 6. The topological polar surface area (TPSA) is 63.6 Å². The van der Waals surface area contributed by atoms with Crippen molar-refractivity contribution < 1.29 is 9.53 Å². The third kappa shape index (κ3) is 4.45. The van der Waals surface area contributed by atoms with Crippen LogP contribution in [-0.2, 0) is 4.74 Å². The summed E-state index contributed by atoms with van der Waals surface area (Å²) in [6.45, 7) is 0. The molecule has 0 bridgehead atoms. The fourth-order valence-corrected chi connectivity index (χ4v) is 3.70. The van der Waals surface area contributed by atoms with Crippen molar-refractivity contribution in [1.29, 1.82) is 0 Å². The molecule has 0 spiro atoms. The van der Waals surface area contributed by atoms with Crippen LogP contribution in [0.5, 0.6) is 0 Å². The molecule has 0 saturated carbocycles. The lowest BCUT2D eigenvalue weighted by atomic mass is 9.98. The zero-order valence-electron chi connectivity index (χ0n) is 16.3. The highest BCUT2D eigenvalue weighted by molar-refractivity contribution is 7.14. The number of hydrazone groups is 1. The maximum Gasteiger partial charge on any atom is 0.337 e. The minimum atomic E-state index is -0.359. The highest BCUT2D eigenvalue weighted by atomic mass is 32.1. The molecule has 0 radical (unpaired) electrons. The van der Waals surface area contributed by atoms with Gasteiger partial charge in [0.1, 0.15) is 0 Å². The molecule has 0 aliphatic rings. The number of methoxy groups -OCH3 is 1. The van der Waals surface area contributed by atoms with Crippen molar-refractivity contribution in [3.8, 4) is 22.4 Å². The number of benzene rings is 3. The quantitative estimate of drug-likeness (QED) is 0.250. The fraction of sp³-hybridized carbons (Fsp3) is 0.0417. The number of anilines is 1. The molecule has 148 valence electrons. The Kier molecular flexibility index (Phi) is 5.96. The van der Waals surface area contributed by atoms with Crippen LogP contribution in [0.4, 0.5) is 5.13 Å². The summed E-state index contributed by atoms with van der Waals surface area (Å²) in [7, 11) is 1.38. The van der Waals surface area contributed by atoms with Crippen LogP contribution >= 0.6 is 11.3 Å². The summed E-state index contributed by atoms with van der Waals surface area (Å²) in [5, 5.41) is 7.08. The van der Waals surface area contributed by atoms with Crippen LogP contribution in [0.25, 0.3) is 22.4 Å². The van der Waals surface area contributed by atoms with Crippen molar-refractivity contribution in [1.82, 2.24) is 4.98 Å². The average molecular weight is 414 g/mol. The summed E-state index contributed by atoms with van der Waals surface area (Å²) >= 11 is 1.50. The highest BCUT2D eigenvalue weighted by Crippen LogP contribution is 2.26. The minimum absolute atomic E-state index is 0.359. The molecule has 1 aromatic heterocycles. The summed E-state index contributed by atoms with van der Waals surface area (Å²) in [6.07, 6.45) is 1.75.